The zero-order valence-corrected chi connectivity index (χ0v) is 21.2. The van der Waals surface area contributed by atoms with Gasteiger partial charge in [0.2, 0.25) is 5.91 Å². The third-order valence-electron chi connectivity index (χ3n) is 6.13. The predicted octanol–water partition coefficient (Wildman–Crippen LogP) is 3.88. The highest BCUT2D eigenvalue weighted by molar-refractivity contribution is 14.0. The first-order chi connectivity index (χ1) is 15.1. The molecule has 7 heteroatoms. The van der Waals surface area contributed by atoms with E-state index in [2.05, 4.69) is 70.7 Å². The second kappa shape index (κ2) is 11.7. The molecule has 32 heavy (non-hydrogen) atoms. The van der Waals surface area contributed by atoms with E-state index in [0.29, 0.717) is 26.1 Å². The molecule has 1 amide bonds. The quantitative estimate of drug-likeness (QED) is 0.350. The first-order valence-corrected chi connectivity index (χ1v) is 11.1. The maximum atomic E-state index is 11.8. The monoisotopic (exact) mass is 548 g/mol. The normalized spacial score (nSPS) is 19.1. The number of halogens is 1. The van der Waals surface area contributed by atoms with Gasteiger partial charge in [0.05, 0.1) is 13.2 Å². The number of aliphatic imine (C=N–C) groups is 1. The average molecular weight is 548 g/mol. The average Bonchev–Trinajstić information content (AvgIpc) is 3.20. The van der Waals surface area contributed by atoms with Crippen molar-refractivity contribution in [2.45, 2.75) is 39.0 Å². The van der Waals surface area contributed by atoms with Gasteiger partial charge in [0, 0.05) is 39.6 Å². The van der Waals surface area contributed by atoms with E-state index in [9.17, 15) is 4.79 Å². The van der Waals surface area contributed by atoms with Crippen molar-refractivity contribution in [2.24, 2.45) is 4.99 Å². The number of amides is 1. The van der Waals surface area contributed by atoms with E-state index in [1.807, 2.05) is 11.9 Å². The fourth-order valence-electron chi connectivity index (χ4n) is 4.35. The summed E-state index contributed by atoms with van der Waals surface area (Å²) < 4.78 is 6.06. The Hall–Kier alpha value is -2.13. The summed E-state index contributed by atoms with van der Waals surface area (Å²) in [5.74, 6) is 1.16. The molecular formula is C25H33IN4O2. The third kappa shape index (κ3) is 6.01. The molecule has 2 fully saturated rings. The van der Waals surface area contributed by atoms with Crippen molar-refractivity contribution in [1.29, 1.82) is 0 Å². The Morgan fingerprint density at radius 3 is 2.56 bits per heavy atom. The molecule has 1 atom stereocenters. The number of hydrogen-bond acceptors (Lipinski definition) is 3. The first kappa shape index (κ1) is 24.5. The predicted molar refractivity (Wildman–Crippen MR) is 138 cm³/mol. The van der Waals surface area contributed by atoms with Crippen molar-refractivity contribution in [1.82, 2.24) is 15.1 Å². The molecule has 1 unspecified atom stereocenters. The van der Waals surface area contributed by atoms with Crippen LogP contribution in [0.15, 0.2) is 53.5 Å². The lowest BCUT2D eigenvalue weighted by Gasteiger charge is -2.35. The van der Waals surface area contributed by atoms with Crippen LogP contribution < -0.4 is 5.32 Å². The van der Waals surface area contributed by atoms with Crippen LogP contribution in [0.1, 0.15) is 41.2 Å². The molecular weight excluding hydrogens is 515 g/mol. The maximum Gasteiger partial charge on any atom is 0.222 e. The van der Waals surface area contributed by atoms with Crippen molar-refractivity contribution in [2.75, 3.05) is 33.3 Å². The second-order valence-electron chi connectivity index (χ2n) is 8.30. The molecule has 2 aliphatic rings. The number of morpholine rings is 1. The van der Waals surface area contributed by atoms with Crippen LogP contribution in [0.5, 0.6) is 0 Å². The number of hydrogen-bond donors (Lipinski definition) is 1. The standard InChI is InChI=1S/C25H32N4O2.HI/c1-19-6-3-4-7-22(19)23-18-29(14-15-31-23)25(26-2)27-16-20-9-11-21(12-10-20)17-28-13-5-8-24(28)30;/h3-4,6-7,9-12,23H,5,8,13-18H2,1-2H3,(H,26,27);1H. The van der Waals surface area contributed by atoms with Crippen LogP contribution >= 0.6 is 24.0 Å². The van der Waals surface area contributed by atoms with Gasteiger partial charge in [0.15, 0.2) is 5.96 Å². The highest BCUT2D eigenvalue weighted by Crippen LogP contribution is 2.25. The van der Waals surface area contributed by atoms with Gasteiger partial charge in [0.25, 0.3) is 0 Å². The van der Waals surface area contributed by atoms with Crippen LogP contribution in [0.2, 0.25) is 0 Å². The molecule has 0 spiro atoms. The van der Waals surface area contributed by atoms with Gasteiger partial charge in [0.1, 0.15) is 6.10 Å². The minimum atomic E-state index is 0. The number of carbonyl (C=O) groups excluding carboxylic acids is 1. The lowest BCUT2D eigenvalue weighted by Crippen LogP contribution is -2.48. The molecule has 0 saturated carbocycles. The number of nitrogens with one attached hydrogen (secondary N) is 1. The Bertz CT molecular complexity index is 932. The van der Waals surface area contributed by atoms with E-state index in [1.165, 1.54) is 22.3 Å². The maximum absolute atomic E-state index is 11.8. The number of nitrogens with zero attached hydrogens (tertiary/aromatic N) is 3. The molecule has 172 valence electrons. The number of aryl methyl sites for hydroxylation is 1. The second-order valence-corrected chi connectivity index (χ2v) is 8.30. The zero-order valence-electron chi connectivity index (χ0n) is 18.9. The summed E-state index contributed by atoms with van der Waals surface area (Å²) in [6, 6.07) is 16.9. The minimum Gasteiger partial charge on any atom is -0.370 e. The summed E-state index contributed by atoms with van der Waals surface area (Å²) in [6.45, 7) is 6.72. The molecule has 0 radical (unpaired) electrons. The molecule has 2 aromatic rings. The summed E-state index contributed by atoms with van der Waals surface area (Å²) in [6.07, 6.45) is 1.72. The summed E-state index contributed by atoms with van der Waals surface area (Å²) >= 11 is 0. The molecule has 4 rings (SSSR count). The van der Waals surface area contributed by atoms with Crippen LogP contribution in [0, 0.1) is 6.92 Å². The highest BCUT2D eigenvalue weighted by Gasteiger charge is 2.25. The van der Waals surface area contributed by atoms with E-state index in [1.54, 1.807) is 0 Å². The molecule has 1 N–H and O–H groups in total. The van der Waals surface area contributed by atoms with Crippen LogP contribution in [-0.4, -0.2) is 55.0 Å². The minimum absolute atomic E-state index is 0. The SMILES string of the molecule is CN=C(NCc1ccc(CN2CCCC2=O)cc1)N1CCOC(c2ccccc2C)C1.I. The van der Waals surface area contributed by atoms with Crippen LogP contribution in [0.25, 0.3) is 0 Å². The van der Waals surface area contributed by atoms with Crippen molar-refractivity contribution >= 4 is 35.8 Å². The Labute approximate surface area is 208 Å². The molecule has 0 aromatic heterocycles. The summed E-state index contributed by atoms with van der Waals surface area (Å²) in [7, 11) is 1.83. The fourth-order valence-corrected chi connectivity index (χ4v) is 4.35. The van der Waals surface area contributed by atoms with Crippen molar-refractivity contribution in [3.05, 3.63) is 70.8 Å². The van der Waals surface area contributed by atoms with E-state index in [0.717, 1.165) is 32.0 Å². The number of carbonyl (C=O) groups is 1. The number of benzene rings is 2. The number of likely N-dealkylation sites (tertiary alicyclic amines) is 1. The van der Waals surface area contributed by atoms with Crippen molar-refractivity contribution < 1.29 is 9.53 Å². The van der Waals surface area contributed by atoms with Crippen molar-refractivity contribution in [3.63, 3.8) is 0 Å². The zero-order chi connectivity index (χ0) is 21.6. The molecule has 2 aromatic carbocycles. The molecule has 6 nitrogen and oxygen atoms in total. The third-order valence-corrected chi connectivity index (χ3v) is 6.13. The Kier molecular flexibility index (Phi) is 8.92. The van der Waals surface area contributed by atoms with Gasteiger partial charge in [-0.15, -0.1) is 24.0 Å². The lowest BCUT2D eigenvalue weighted by atomic mass is 10.0. The summed E-state index contributed by atoms with van der Waals surface area (Å²) in [5, 5.41) is 3.50. The summed E-state index contributed by atoms with van der Waals surface area (Å²) in [4.78, 5) is 20.5. The molecule has 2 heterocycles. The Morgan fingerprint density at radius 2 is 1.88 bits per heavy atom. The van der Waals surface area contributed by atoms with Crippen LogP contribution in [0.4, 0.5) is 0 Å². The number of ether oxygens (including phenoxy) is 1. The highest BCUT2D eigenvalue weighted by atomic mass is 127. The van der Waals surface area contributed by atoms with E-state index >= 15 is 0 Å². The van der Waals surface area contributed by atoms with E-state index in [4.69, 9.17) is 4.74 Å². The molecule has 0 aliphatic carbocycles. The van der Waals surface area contributed by atoms with Crippen molar-refractivity contribution in [3.8, 4) is 0 Å². The van der Waals surface area contributed by atoms with Gasteiger partial charge >= 0.3 is 0 Å². The Morgan fingerprint density at radius 1 is 1.12 bits per heavy atom. The largest absolute Gasteiger partial charge is 0.370 e. The van der Waals surface area contributed by atoms with Gasteiger partial charge in [-0.05, 0) is 35.6 Å². The Balaban J connectivity index is 0.00000289. The first-order valence-electron chi connectivity index (χ1n) is 11.1. The molecule has 2 saturated heterocycles. The molecule has 2 aliphatic heterocycles. The number of guanidine groups is 1. The van der Waals surface area contributed by atoms with Crippen LogP contribution in [0.3, 0.4) is 0 Å². The molecule has 0 bridgehead atoms. The number of rotatable bonds is 5. The lowest BCUT2D eigenvalue weighted by molar-refractivity contribution is -0.128. The van der Waals surface area contributed by atoms with Gasteiger partial charge in [-0.25, -0.2) is 0 Å². The van der Waals surface area contributed by atoms with Gasteiger partial charge in [-0.1, -0.05) is 48.5 Å². The van der Waals surface area contributed by atoms with Gasteiger partial charge in [-0.2, -0.15) is 0 Å². The van der Waals surface area contributed by atoms with Gasteiger partial charge < -0.3 is 19.9 Å². The van der Waals surface area contributed by atoms with E-state index < -0.39 is 0 Å². The topological polar surface area (TPSA) is 57.2 Å². The summed E-state index contributed by atoms with van der Waals surface area (Å²) in [5.41, 5.74) is 4.88. The van der Waals surface area contributed by atoms with Gasteiger partial charge in [-0.3, -0.25) is 9.79 Å². The fraction of sp³-hybridized carbons (Fsp3) is 0.440. The van der Waals surface area contributed by atoms with E-state index in [-0.39, 0.29) is 36.0 Å². The smallest absolute Gasteiger partial charge is 0.222 e. The van der Waals surface area contributed by atoms with Crippen LogP contribution in [-0.2, 0) is 22.6 Å².